The fourth-order valence-corrected chi connectivity index (χ4v) is 1.32. The number of ether oxygens (including phenoxy) is 1. The molecule has 0 radical (unpaired) electrons. The van der Waals surface area contributed by atoms with E-state index in [0.29, 0.717) is 4.47 Å². The van der Waals surface area contributed by atoms with E-state index in [4.69, 9.17) is 16.3 Å². The second kappa shape index (κ2) is 4.29. The van der Waals surface area contributed by atoms with Gasteiger partial charge in [-0.2, -0.15) is 0 Å². The molecule has 0 aliphatic heterocycles. The molecule has 1 aromatic carbocycles. The Hall–Kier alpha value is -0.280. The number of hydrogen-bond acceptors (Lipinski definition) is 1. The average molecular weight is 268 g/mol. The standard InChI is InChI=1S/C9H9BrClFO/c1-5(2)13-7-4-3-6(10)8(11)9(7)12/h3-5H,1-2H3. The molecule has 0 aliphatic rings. The average Bonchev–Trinajstić information content (AvgIpc) is 2.06. The third kappa shape index (κ3) is 2.58. The summed E-state index contributed by atoms with van der Waals surface area (Å²) in [5, 5.41) is 0.0538. The Morgan fingerprint density at radius 2 is 2.08 bits per heavy atom. The van der Waals surface area contributed by atoms with Crippen molar-refractivity contribution in [3.8, 4) is 5.75 Å². The highest BCUT2D eigenvalue weighted by Crippen LogP contribution is 2.31. The molecule has 0 amide bonds. The first kappa shape index (κ1) is 10.8. The van der Waals surface area contributed by atoms with Gasteiger partial charge in [0.15, 0.2) is 11.6 Å². The number of hydrogen-bond donors (Lipinski definition) is 0. The van der Waals surface area contributed by atoms with Crippen LogP contribution in [0.3, 0.4) is 0 Å². The van der Waals surface area contributed by atoms with Crippen LogP contribution in [0, 0.1) is 5.82 Å². The highest BCUT2D eigenvalue weighted by atomic mass is 79.9. The lowest BCUT2D eigenvalue weighted by atomic mass is 10.3. The summed E-state index contributed by atoms with van der Waals surface area (Å²) in [6.07, 6.45) is -0.0632. The van der Waals surface area contributed by atoms with Gasteiger partial charge in [0, 0.05) is 4.47 Å². The Morgan fingerprint density at radius 3 is 2.62 bits per heavy atom. The summed E-state index contributed by atoms with van der Waals surface area (Å²) >= 11 is 8.78. The first-order valence-corrected chi connectivity index (χ1v) is 4.99. The van der Waals surface area contributed by atoms with E-state index in [1.807, 2.05) is 13.8 Å². The lowest BCUT2D eigenvalue weighted by molar-refractivity contribution is 0.231. The van der Waals surface area contributed by atoms with Crippen molar-refractivity contribution in [2.45, 2.75) is 20.0 Å². The molecule has 0 unspecified atom stereocenters. The molecule has 0 spiro atoms. The Kier molecular flexibility index (Phi) is 3.56. The fourth-order valence-electron chi connectivity index (χ4n) is 0.853. The topological polar surface area (TPSA) is 9.23 Å². The minimum absolute atomic E-state index is 0.0538. The molecular weight excluding hydrogens is 258 g/mol. The third-order valence-corrected chi connectivity index (χ3v) is 2.62. The summed E-state index contributed by atoms with van der Waals surface area (Å²) < 4.78 is 19.1. The van der Waals surface area contributed by atoms with E-state index in [0.717, 1.165) is 0 Å². The Balaban J connectivity index is 3.04. The molecule has 4 heteroatoms. The number of halogens is 3. The van der Waals surface area contributed by atoms with Crippen LogP contribution in [-0.4, -0.2) is 6.10 Å². The van der Waals surface area contributed by atoms with Crippen LogP contribution in [0.1, 0.15) is 13.8 Å². The van der Waals surface area contributed by atoms with Gasteiger partial charge in [-0.15, -0.1) is 0 Å². The zero-order chi connectivity index (χ0) is 10.0. The molecule has 0 saturated heterocycles. The molecule has 0 atom stereocenters. The van der Waals surface area contributed by atoms with Gasteiger partial charge in [0.2, 0.25) is 0 Å². The van der Waals surface area contributed by atoms with Gasteiger partial charge in [-0.05, 0) is 41.9 Å². The van der Waals surface area contributed by atoms with Gasteiger partial charge >= 0.3 is 0 Å². The fraction of sp³-hybridized carbons (Fsp3) is 0.333. The summed E-state index contributed by atoms with van der Waals surface area (Å²) in [7, 11) is 0. The molecule has 0 aromatic heterocycles. The van der Waals surface area contributed by atoms with Crippen molar-refractivity contribution in [3.05, 3.63) is 27.4 Å². The van der Waals surface area contributed by atoms with Gasteiger partial charge in [-0.3, -0.25) is 0 Å². The number of rotatable bonds is 2. The SMILES string of the molecule is CC(C)Oc1ccc(Br)c(Cl)c1F. The highest BCUT2D eigenvalue weighted by Gasteiger charge is 2.11. The Bertz CT molecular complexity index is 315. The van der Waals surface area contributed by atoms with Crippen LogP contribution in [-0.2, 0) is 0 Å². The lowest BCUT2D eigenvalue weighted by Crippen LogP contribution is -2.07. The van der Waals surface area contributed by atoms with Gasteiger partial charge in [0.05, 0.1) is 11.1 Å². The van der Waals surface area contributed by atoms with Crippen molar-refractivity contribution in [2.75, 3.05) is 0 Å². The predicted molar refractivity (Wildman–Crippen MR) is 54.9 cm³/mol. The van der Waals surface area contributed by atoms with Gasteiger partial charge in [-0.25, -0.2) is 4.39 Å². The molecule has 0 heterocycles. The second-order valence-electron chi connectivity index (χ2n) is 2.84. The third-order valence-electron chi connectivity index (χ3n) is 1.36. The second-order valence-corrected chi connectivity index (χ2v) is 4.07. The van der Waals surface area contributed by atoms with Crippen molar-refractivity contribution in [2.24, 2.45) is 0 Å². The maximum atomic E-state index is 13.3. The quantitative estimate of drug-likeness (QED) is 0.735. The number of benzene rings is 1. The van der Waals surface area contributed by atoms with Gasteiger partial charge < -0.3 is 4.74 Å². The minimum Gasteiger partial charge on any atom is -0.488 e. The minimum atomic E-state index is -0.523. The Morgan fingerprint density at radius 1 is 1.46 bits per heavy atom. The molecule has 1 rings (SSSR count). The van der Waals surface area contributed by atoms with Crippen LogP contribution < -0.4 is 4.74 Å². The largest absolute Gasteiger partial charge is 0.488 e. The molecule has 0 aliphatic carbocycles. The first-order chi connectivity index (χ1) is 6.02. The maximum Gasteiger partial charge on any atom is 0.184 e. The molecule has 0 saturated carbocycles. The van der Waals surface area contributed by atoms with Crippen LogP contribution >= 0.6 is 27.5 Å². The van der Waals surface area contributed by atoms with E-state index < -0.39 is 5.82 Å². The van der Waals surface area contributed by atoms with Crippen LogP contribution in [0.15, 0.2) is 16.6 Å². The summed E-state index contributed by atoms with van der Waals surface area (Å²) in [6, 6.07) is 3.20. The first-order valence-electron chi connectivity index (χ1n) is 3.82. The van der Waals surface area contributed by atoms with Crippen molar-refractivity contribution < 1.29 is 9.13 Å². The zero-order valence-corrected chi connectivity index (χ0v) is 9.62. The van der Waals surface area contributed by atoms with Crippen molar-refractivity contribution in [3.63, 3.8) is 0 Å². The predicted octanol–water partition coefficient (Wildman–Crippen LogP) is 4.03. The highest BCUT2D eigenvalue weighted by molar-refractivity contribution is 9.10. The van der Waals surface area contributed by atoms with E-state index in [-0.39, 0.29) is 16.9 Å². The monoisotopic (exact) mass is 266 g/mol. The molecule has 0 fully saturated rings. The molecule has 72 valence electrons. The normalized spacial score (nSPS) is 10.6. The summed E-state index contributed by atoms with van der Waals surface area (Å²) in [4.78, 5) is 0. The van der Waals surface area contributed by atoms with E-state index >= 15 is 0 Å². The summed E-state index contributed by atoms with van der Waals surface area (Å²) in [6.45, 7) is 3.66. The molecule has 13 heavy (non-hydrogen) atoms. The molecule has 1 nitrogen and oxygen atoms in total. The molecular formula is C9H9BrClFO. The summed E-state index contributed by atoms with van der Waals surface area (Å²) in [5.74, 6) is -0.340. The van der Waals surface area contributed by atoms with E-state index in [2.05, 4.69) is 15.9 Å². The smallest absolute Gasteiger partial charge is 0.184 e. The van der Waals surface area contributed by atoms with Gasteiger partial charge in [-0.1, -0.05) is 11.6 Å². The van der Waals surface area contributed by atoms with Crippen molar-refractivity contribution >= 4 is 27.5 Å². The van der Waals surface area contributed by atoms with Crippen LogP contribution in [0.2, 0.25) is 5.02 Å². The van der Waals surface area contributed by atoms with Gasteiger partial charge in [0.1, 0.15) is 0 Å². The van der Waals surface area contributed by atoms with Gasteiger partial charge in [0.25, 0.3) is 0 Å². The van der Waals surface area contributed by atoms with Crippen molar-refractivity contribution in [1.29, 1.82) is 0 Å². The van der Waals surface area contributed by atoms with E-state index in [9.17, 15) is 4.39 Å². The van der Waals surface area contributed by atoms with Crippen LogP contribution in [0.4, 0.5) is 4.39 Å². The Labute approximate surface area is 90.0 Å². The van der Waals surface area contributed by atoms with E-state index in [1.54, 1.807) is 12.1 Å². The molecule has 1 aromatic rings. The lowest BCUT2D eigenvalue weighted by Gasteiger charge is -2.11. The van der Waals surface area contributed by atoms with E-state index in [1.165, 1.54) is 0 Å². The van der Waals surface area contributed by atoms with Crippen molar-refractivity contribution in [1.82, 2.24) is 0 Å². The zero-order valence-electron chi connectivity index (χ0n) is 7.27. The molecule has 0 bridgehead atoms. The van der Waals surface area contributed by atoms with Crippen LogP contribution in [0.25, 0.3) is 0 Å². The molecule has 0 N–H and O–H groups in total. The maximum absolute atomic E-state index is 13.3. The summed E-state index contributed by atoms with van der Waals surface area (Å²) in [5.41, 5.74) is 0. The van der Waals surface area contributed by atoms with Crippen LogP contribution in [0.5, 0.6) is 5.75 Å².